The number of alkyl halides is 2. The van der Waals surface area contributed by atoms with E-state index in [2.05, 4.69) is 26.3 Å². The first-order valence-electron chi connectivity index (χ1n) is 7.26. The Morgan fingerprint density at radius 1 is 1.16 bits per heavy atom. The van der Waals surface area contributed by atoms with Crippen LogP contribution in [0.4, 0.5) is 14.8 Å². The number of nitrogens with one attached hydrogen (secondary N) is 1. The van der Waals surface area contributed by atoms with Crippen LogP contribution in [-0.2, 0) is 6.54 Å². The van der Waals surface area contributed by atoms with E-state index >= 15 is 0 Å². The van der Waals surface area contributed by atoms with Crippen molar-refractivity contribution in [3.63, 3.8) is 0 Å². The van der Waals surface area contributed by atoms with Crippen LogP contribution in [-0.4, -0.2) is 16.8 Å². The van der Waals surface area contributed by atoms with E-state index in [-0.39, 0.29) is 17.7 Å². The highest BCUT2D eigenvalue weighted by atomic mass is 19.3. The predicted octanol–water partition coefficient (Wildman–Crippen LogP) is 3.82. The highest BCUT2D eigenvalue weighted by molar-refractivity contribution is 5.56. The van der Waals surface area contributed by atoms with Crippen molar-refractivity contribution in [2.75, 3.05) is 5.32 Å². The van der Waals surface area contributed by atoms with Crippen molar-refractivity contribution < 1.29 is 17.9 Å². The van der Waals surface area contributed by atoms with Gasteiger partial charge in [0.25, 0.3) is 0 Å². The number of halogens is 2. The van der Waals surface area contributed by atoms with Crippen molar-refractivity contribution in [1.29, 1.82) is 5.26 Å². The maximum atomic E-state index is 12.3. The lowest BCUT2D eigenvalue weighted by molar-refractivity contribution is -0.0498. The fourth-order valence-electron chi connectivity index (χ4n) is 2.15. The van der Waals surface area contributed by atoms with Gasteiger partial charge in [0.2, 0.25) is 5.89 Å². The van der Waals surface area contributed by atoms with E-state index in [4.69, 9.17) is 9.68 Å². The molecule has 0 saturated heterocycles. The van der Waals surface area contributed by atoms with Crippen molar-refractivity contribution in [3.8, 4) is 23.3 Å². The van der Waals surface area contributed by atoms with Gasteiger partial charge in [-0.1, -0.05) is 23.3 Å². The number of hydrogen-bond acceptors (Lipinski definition) is 6. The Morgan fingerprint density at radius 2 is 2.00 bits per heavy atom. The first-order chi connectivity index (χ1) is 12.1. The molecule has 0 spiro atoms. The van der Waals surface area contributed by atoms with Gasteiger partial charge in [-0.2, -0.15) is 14.0 Å². The van der Waals surface area contributed by atoms with Crippen molar-refractivity contribution in [2.24, 2.45) is 0 Å². The van der Waals surface area contributed by atoms with Crippen molar-refractivity contribution in [1.82, 2.24) is 10.2 Å². The molecule has 25 heavy (non-hydrogen) atoms. The van der Waals surface area contributed by atoms with Gasteiger partial charge in [0.1, 0.15) is 5.75 Å². The zero-order valence-electron chi connectivity index (χ0n) is 12.8. The zero-order valence-corrected chi connectivity index (χ0v) is 12.8. The molecular formula is C17H12F2N4O2. The summed E-state index contributed by atoms with van der Waals surface area (Å²) in [5.74, 6) is 0.182. The minimum Gasteiger partial charge on any atom is -0.435 e. The zero-order chi connectivity index (χ0) is 17.6. The molecule has 8 heteroatoms. The van der Waals surface area contributed by atoms with Crippen LogP contribution in [0.3, 0.4) is 0 Å². The topological polar surface area (TPSA) is 84.0 Å². The minimum atomic E-state index is -2.90. The molecule has 0 unspecified atom stereocenters. The van der Waals surface area contributed by atoms with Crippen LogP contribution in [0.15, 0.2) is 52.9 Å². The molecule has 6 nitrogen and oxygen atoms in total. The minimum absolute atomic E-state index is 0.00790. The van der Waals surface area contributed by atoms with E-state index in [0.29, 0.717) is 17.7 Å². The lowest BCUT2D eigenvalue weighted by Gasteiger charge is -2.04. The van der Waals surface area contributed by atoms with Gasteiger partial charge in [-0.3, -0.25) is 0 Å². The molecule has 0 atom stereocenters. The monoisotopic (exact) mass is 342 g/mol. The van der Waals surface area contributed by atoms with E-state index < -0.39 is 6.61 Å². The second kappa shape index (κ2) is 7.40. The molecule has 0 radical (unpaired) electrons. The Balaban J connectivity index is 1.69. The molecule has 0 bridgehead atoms. The normalized spacial score (nSPS) is 10.5. The molecule has 0 saturated carbocycles. The number of hydrogen-bond donors (Lipinski definition) is 1. The number of ether oxygens (including phenoxy) is 1. The summed E-state index contributed by atoms with van der Waals surface area (Å²) in [7, 11) is 0. The average Bonchev–Trinajstić information content (AvgIpc) is 3.09. The molecule has 3 rings (SSSR count). The molecule has 0 amide bonds. The van der Waals surface area contributed by atoms with Crippen LogP contribution < -0.4 is 10.1 Å². The summed E-state index contributed by atoms with van der Waals surface area (Å²) in [4.78, 5) is 0. The third-order valence-electron chi connectivity index (χ3n) is 3.23. The lowest BCUT2D eigenvalue weighted by atomic mass is 10.1. The van der Waals surface area contributed by atoms with Crippen LogP contribution in [0.2, 0.25) is 0 Å². The van der Waals surface area contributed by atoms with E-state index in [1.54, 1.807) is 30.3 Å². The Labute approximate surface area is 141 Å². The molecule has 0 fully saturated rings. The van der Waals surface area contributed by atoms with Gasteiger partial charge in [-0.15, -0.1) is 5.10 Å². The smallest absolute Gasteiger partial charge is 0.387 e. The Morgan fingerprint density at radius 3 is 2.80 bits per heavy atom. The van der Waals surface area contributed by atoms with Gasteiger partial charge >= 0.3 is 12.6 Å². The summed E-state index contributed by atoms with van der Waals surface area (Å²) in [6.45, 7) is -2.51. The van der Waals surface area contributed by atoms with Crippen LogP contribution in [0, 0.1) is 11.3 Å². The van der Waals surface area contributed by atoms with Crippen LogP contribution in [0.1, 0.15) is 11.1 Å². The van der Waals surface area contributed by atoms with Gasteiger partial charge in [-0.05, 0) is 35.9 Å². The third kappa shape index (κ3) is 4.29. The number of nitrogens with zero attached hydrogens (tertiary/aromatic N) is 3. The second-order valence-corrected chi connectivity index (χ2v) is 4.98. The predicted molar refractivity (Wildman–Crippen MR) is 84.8 cm³/mol. The summed E-state index contributed by atoms with van der Waals surface area (Å²) in [6.07, 6.45) is 0. The highest BCUT2D eigenvalue weighted by Crippen LogP contribution is 2.25. The first kappa shape index (κ1) is 16.4. The van der Waals surface area contributed by atoms with Gasteiger partial charge in [0.05, 0.1) is 11.6 Å². The van der Waals surface area contributed by atoms with Crippen LogP contribution >= 0.6 is 0 Å². The maximum absolute atomic E-state index is 12.3. The fraction of sp³-hybridized carbons (Fsp3) is 0.118. The van der Waals surface area contributed by atoms with Crippen molar-refractivity contribution in [3.05, 3.63) is 59.7 Å². The van der Waals surface area contributed by atoms with Crippen LogP contribution in [0.5, 0.6) is 5.75 Å². The number of benzene rings is 2. The third-order valence-corrected chi connectivity index (χ3v) is 3.23. The van der Waals surface area contributed by atoms with Gasteiger partial charge in [0, 0.05) is 12.1 Å². The molecular weight excluding hydrogens is 330 g/mol. The number of anilines is 1. The second-order valence-electron chi connectivity index (χ2n) is 4.98. The van der Waals surface area contributed by atoms with E-state index in [1.807, 2.05) is 6.07 Å². The summed E-state index contributed by atoms with van der Waals surface area (Å²) in [5.41, 5.74) is 1.90. The molecule has 1 N–H and O–H groups in total. The molecule has 1 heterocycles. The summed E-state index contributed by atoms with van der Waals surface area (Å²) in [5, 5.41) is 19.6. The van der Waals surface area contributed by atoms with Crippen molar-refractivity contribution in [2.45, 2.75) is 13.2 Å². The average molecular weight is 342 g/mol. The quantitative estimate of drug-likeness (QED) is 0.733. The van der Waals surface area contributed by atoms with Crippen LogP contribution in [0.25, 0.3) is 11.5 Å². The summed E-state index contributed by atoms with van der Waals surface area (Å²) in [6, 6.07) is 15.3. The van der Waals surface area contributed by atoms with E-state index in [1.165, 1.54) is 12.1 Å². The van der Waals surface area contributed by atoms with E-state index in [0.717, 1.165) is 5.56 Å². The highest BCUT2D eigenvalue weighted by Gasteiger charge is 2.11. The SMILES string of the molecule is N#Cc1cccc(CNc2nnc(-c3cccc(OC(F)F)c3)o2)c1. The largest absolute Gasteiger partial charge is 0.435 e. The summed E-state index contributed by atoms with van der Waals surface area (Å²) >= 11 is 0. The Bertz CT molecular complexity index is 905. The molecule has 0 aliphatic carbocycles. The standard InChI is InChI=1S/C17H12F2N4O2/c18-16(19)24-14-6-2-5-13(8-14)15-22-23-17(25-15)21-10-12-4-1-3-11(7-12)9-20/h1-8,16H,10H2,(H,21,23). The van der Waals surface area contributed by atoms with Crippen molar-refractivity contribution >= 4 is 6.01 Å². The Kier molecular flexibility index (Phi) is 4.85. The molecule has 1 aromatic heterocycles. The fourth-order valence-corrected chi connectivity index (χ4v) is 2.15. The van der Waals surface area contributed by atoms with Gasteiger partial charge in [0.15, 0.2) is 0 Å². The molecule has 3 aromatic rings. The molecule has 2 aromatic carbocycles. The van der Waals surface area contributed by atoms with Gasteiger partial charge in [-0.25, -0.2) is 0 Å². The first-order valence-corrected chi connectivity index (χ1v) is 7.26. The maximum Gasteiger partial charge on any atom is 0.387 e. The number of aromatic nitrogens is 2. The molecule has 0 aliphatic rings. The lowest BCUT2D eigenvalue weighted by Crippen LogP contribution is -2.01. The molecule has 0 aliphatic heterocycles. The Hall–Kier alpha value is -3.47. The van der Waals surface area contributed by atoms with E-state index in [9.17, 15) is 8.78 Å². The number of nitriles is 1. The number of rotatable bonds is 6. The van der Waals surface area contributed by atoms with Gasteiger partial charge < -0.3 is 14.5 Å². The molecule has 126 valence electrons. The summed E-state index contributed by atoms with van der Waals surface area (Å²) < 4.78 is 34.4.